The van der Waals surface area contributed by atoms with Crippen LogP contribution in [0.2, 0.25) is 0 Å². The van der Waals surface area contributed by atoms with Crippen LogP contribution in [0.1, 0.15) is 0 Å². The molecular weight excluding hydrogens is 370 g/mol. The number of hydrogen-bond acceptors (Lipinski definition) is 3. The van der Waals surface area contributed by atoms with Crippen LogP contribution in [0.15, 0.2) is 30.3 Å². The summed E-state index contributed by atoms with van der Waals surface area (Å²) in [6.45, 7) is 0. The van der Waals surface area contributed by atoms with Gasteiger partial charge < -0.3 is 5.73 Å². The van der Waals surface area contributed by atoms with Gasteiger partial charge in [0.15, 0.2) is 11.6 Å². The Labute approximate surface area is 121 Å². The minimum Gasteiger partial charge on any atom is -0.397 e. The second-order valence-corrected chi connectivity index (χ2v) is 4.95. The SMILES string of the molecule is Nc1ccc(F)c(F)c1NNc1ccc(I)cc1F. The van der Waals surface area contributed by atoms with E-state index in [2.05, 4.69) is 10.9 Å². The van der Waals surface area contributed by atoms with E-state index >= 15 is 0 Å². The summed E-state index contributed by atoms with van der Waals surface area (Å²) < 4.78 is 40.8. The van der Waals surface area contributed by atoms with Gasteiger partial charge in [-0.15, -0.1) is 0 Å². The zero-order chi connectivity index (χ0) is 14.0. The predicted octanol–water partition coefficient (Wildman–Crippen LogP) is 3.73. The van der Waals surface area contributed by atoms with Crippen LogP contribution in [-0.2, 0) is 0 Å². The normalized spacial score (nSPS) is 10.3. The van der Waals surface area contributed by atoms with Gasteiger partial charge >= 0.3 is 0 Å². The van der Waals surface area contributed by atoms with Gasteiger partial charge in [-0.1, -0.05) is 0 Å². The summed E-state index contributed by atoms with van der Waals surface area (Å²) in [7, 11) is 0. The average Bonchev–Trinajstić information content (AvgIpc) is 2.36. The molecule has 100 valence electrons. The first-order chi connectivity index (χ1) is 8.99. The van der Waals surface area contributed by atoms with E-state index in [-0.39, 0.29) is 17.1 Å². The molecule has 0 aliphatic heterocycles. The predicted molar refractivity (Wildman–Crippen MR) is 77.1 cm³/mol. The van der Waals surface area contributed by atoms with Gasteiger partial charge in [0.1, 0.15) is 11.5 Å². The van der Waals surface area contributed by atoms with Crippen LogP contribution in [0.3, 0.4) is 0 Å². The van der Waals surface area contributed by atoms with Gasteiger partial charge in [-0.25, -0.2) is 13.2 Å². The number of rotatable bonds is 3. The molecule has 0 saturated heterocycles. The van der Waals surface area contributed by atoms with Crippen LogP contribution in [0, 0.1) is 21.0 Å². The number of nitrogen functional groups attached to an aromatic ring is 1. The zero-order valence-corrected chi connectivity index (χ0v) is 11.6. The van der Waals surface area contributed by atoms with Crippen molar-refractivity contribution in [1.82, 2.24) is 0 Å². The molecule has 19 heavy (non-hydrogen) atoms. The third kappa shape index (κ3) is 3.03. The first-order valence-corrected chi connectivity index (χ1v) is 6.27. The number of anilines is 3. The van der Waals surface area contributed by atoms with Crippen molar-refractivity contribution in [2.24, 2.45) is 0 Å². The molecule has 0 heterocycles. The Balaban J connectivity index is 2.21. The van der Waals surface area contributed by atoms with E-state index in [0.717, 1.165) is 9.64 Å². The molecule has 7 heteroatoms. The molecule has 2 aromatic rings. The Morgan fingerprint density at radius 3 is 2.37 bits per heavy atom. The molecule has 0 radical (unpaired) electrons. The van der Waals surface area contributed by atoms with E-state index in [0.29, 0.717) is 0 Å². The second kappa shape index (κ2) is 5.55. The highest BCUT2D eigenvalue weighted by atomic mass is 127. The standard InChI is InChI=1S/C12H9F3IN3/c13-7-2-3-9(17)12(11(7)15)19-18-10-4-1-6(16)5-8(10)14/h1-5,18-19H,17H2. The first-order valence-electron chi connectivity index (χ1n) is 5.19. The fraction of sp³-hybridized carbons (Fsp3) is 0. The lowest BCUT2D eigenvalue weighted by molar-refractivity contribution is 0.512. The lowest BCUT2D eigenvalue weighted by atomic mass is 10.2. The fourth-order valence-electron chi connectivity index (χ4n) is 1.41. The molecule has 0 spiro atoms. The Morgan fingerprint density at radius 2 is 1.68 bits per heavy atom. The number of nitrogens with two attached hydrogens (primary N) is 1. The third-order valence-electron chi connectivity index (χ3n) is 2.38. The number of benzene rings is 2. The molecule has 0 atom stereocenters. The topological polar surface area (TPSA) is 50.1 Å². The highest BCUT2D eigenvalue weighted by Gasteiger charge is 2.12. The summed E-state index contributed by atoms with van der Waals surface area (Å²) >= 11 is 1.96. The largest absolute Gasteiger partial charge is 0.397 e. The summed E-state index contributed by atoms with van der Waals surface area (Å²) in [6, 6.07) is 6.57. The molecule has 3 nitrogen and oxygen atoms in total. The number of nitrogens with one attached hydrogen (secondary N) is 2. The van der Waals surface area contributed by atoms with Gasteiger partial charge in [0, 0.05) is 3.57 Å². The molecule has 0 saturated carbocycles. The molecule has 4 N–H and O–H groups in total. The van der Waals surface area contributed by atoms with E-state index in [1.54, 1.807) is 6.07 Å². The van der Waals surface area contributed by atoms with Crippen LogP contribution < -0.4 is 16.6 Å². The molecule has 0 aliphatic rings. The minimum absolute atomic E-state index is 0.0114. The lowest BCUT2D eigenvalue weighted by Gasteiger charge is -2.13. The van der Waals surface area contributed by atoms with Crippen LogP contribution in [-0.4, -0.2) is 0 Å². The number of hydrazine groups is 1. The van der Waals surface area contributed by atoms with Gasteiger partial charge in [-0.05, 0) is 52.9 Å². The quantitative estimate of drug-likeness (QED) is 0.433. The van der Waals surface area contributed by atoms with Crippen molar-refractivity contribution in [2.45, 2.75) is 0 Å². The molecule has 0 aromatic heterocycles. The zero-order valence-electron chi connectivity index (χ0n) is 9.48. The fourth-order valence-corrected chi connectivity index (χ4v) is 1.87. The summed E-state index contributed by atoms with van der Waals surface area (Å²) in [6.07, 6.45) is 0. The Hall–Kier alpha value is -1.64. The van der Waals surface area contributed by atoms with Crippen LogP contribution in [0.4, 0.5) is 30.2 Å². The van der Waals surface area contributed by atoms with Gasteiger partial charge in [0.2, 0.25) is 0 Å². The van der Waals surface area contributed by atoms with Crippen molar-refractivity contribution in [3.05, 3.63) is 51.4 Å². The molecule has 2 rings (SSSR count). The highest BCUT2D eigenvalue weighted by Crippen LogP contribution is 2.25. The molecule has 2 aromatic carbocycles. The van der Waals surface area contributed by atoms with Gasteiger partial charge in [-0.3, -0.25) is 10.9 Å². The van der Waals surface area contributed by atoms with E-state index in [9.17, 15) is 13.2 Å². The first kappa shape index (κ1) is 13.8. The summed E-state index contributed by atoms with van der Waals surface area (Å²) in [4.78, 5) is 0. The Kier molecular flexibility index (Phi) is 4.03. The molecule has 0 unspecified atom stereocenters. The lowest BCUT2D eigenvalue weighted by Crippen LogP contribution is -2.13. The monoisotopic (exact) mass is 379 g/mol. The molecule has 0 bridgehead atoms. The summed E-state index contributed by atoms with van der Waals surface area (Å²) in [5.41, 5.74) is 10.2. The summed E-state index contributed by atoms with van der Waals surface area (Å²) in [5.74, 6) is -2.69. The van der Waals surface area contributed by atoms with Gasteiger partial charge in [-0.2, -0.15) is 0 Å². The van der Waals surface area contributed by atoms with Crippen LogP contribution in [0.5, 0.6) is 0 Å². The average molecular weight is 379 g/mol. The van der Waals surface area contributed by atoms with Crippen molar-refractivity contribution >= 4 is 39.7 Å². The van der Waals surface area contributed by atoms with Crippen molar-refractivity contribution in [1.29, 1.82) is 0 Å². The van der Waals surface area contributed by atoms with Gasteiger partial charge in [0.25, 0.3) is 0 Å². The smallest absolute Gasteiger partial charge is 0.185 e. The van der Waals surface area contributed by atoms with Crippen LogP contribution in [0.25, 0.3) is 0 Å². The maximum Gasteiger partial charge on any atom is 0.185 e. The molecular formula is C12H9F3IN3. The Morgan fingerprint density at radius 1 is 0.947 bits per heavy atom. The molecule has 0 amide bonds. The highest BCUT2D eigenvalue weighted by molar-refractivity contribution is 14.1. The molecule has 0 fully saturated rings. The second-order valence-electron chi connectivity index (χ2n) is 3.70. The van der Waals surface area contributed by atoms with Crippen molar-refractivity contribution in [3.63, 3.8) is 0 Å². The third-order valence-corrected chi connectivity index (χ3v) is 3.05. The maximum absolute atomic E-state index is 13.5. The minimum atomic E-state index is -1.13. The maximum atomic E-state index is 13.5. The van der Waals surface area contributed by atoms with Crippen molar-refractivity contribution in [3.8, 4) is 0 Å². The van der Waals surface area contributed by atoms with Crippen molar-refractivity contribution in [2.75, 3.05) is 16.6 Å². The van der Waals surface area contributed by atoms with E-state index in [4.69, 9.17) is 5.73 Å². The summed E-state index contributed by atoms with van der Waals surface area (Å²) in [5, 5.41) is 0. The number of hydrogen-bond donors (Lipinski definition) is 3. The molecule has 0 aliphatic carbocycles. The van der Waals surface area contributed by atoms with E-state index < -0.39 is 17.5 Å². The van der Waals surface area contributed by atoms with E-state index in [1.807, 2.05) is 22.6 Å². The Bertz CT molecular complexity index is 619. The van der Waals surface area contributed by atoms with Gasteiger partial charge in [0.05, 0.1) is 11.4 Å². The van der Waals surface area contributed by atoms with Crippen LogP contribution >= 0.6 is 22.6 Å². The number of halogens is 4. The van der Waals surface area contributed by atoms with Crippen molar-refractivity contribution < 1.29 is 13.2 Å². The van der Waals surface area contributed by atoms with E-state index in [1.165, 1.54) is 18.2 Å².